The molecule has 31 heavy (non-hydrogen) atoms. The van der Waals surface area contributed by atoms with E-state index in [-0.39, 0.29) is 18.9 Å². The van der Waals surface area contributed by atoms with Gasteiger partial charge in [-0.25, -0.2) is 4.79 Å². The molecule has 0 saturated heterocycles. The lowest BCUT2D eigenvalue weighted by Crippen LogP contribution is -2.54. The Balaban J connectivity index is 2.11. The molecule has 0 aliphatic heterocycles. The van der Waals surface area contributed by atoms with Gasteiger partial charge in [0.2, 0.25) is 11.8 Å². The molecular weight excluding hydrogens is 462 g/mol. The molecule has 0 spiro atoms. The molecule has 2 rings (SSSR count). The Kier molecular flexibility index (Phi) is 9.52. The van der Waals surface area contributed by atoms with Gasteiger partial charge in [0, 0.05) is 10.9 Å². The SMILES string of the molecule is CC(C)C[C@H](NC(=O)[C@H](Cc1ccccc1Br)NC(=O)OCc1ccccc1)C(N)=O. The van der Waals surface area contributed by atoms with Crippen molar-refractivity contribution in [2.75, 3.05) is 0 Å². The maximum Gasteiger partial charge on any atom is 0.408 e. The van der Waals surface area contributed by atoms with Gasteiger partial charge in [-0.15, -0.1) is 0 Å². The first-order valence-corrected chi connectivity index (χ1v) is 10.9. The van der Waals surface area contributed by atoms with E-state index in [4.69, 9.17) is 10.5 Å². The zero-order chi connectivity index (χ0) is 22.8. The van der Waals surface area contributed by atoms with E-state index in [0.29, 0.717) is 6.42 Å². The van der Waals surface area contributed by atoms with Crippen molar-refractivity contribution >= 4 is 33.8 Å². The van der Waals surface area contributed by atoms with Crippen molar-refractivity contribution in [3.8, 4) is 0 Å². The fraction of sp³-hybridized carbons (Fsp3) is 0.348. The van der Waals surface area contributed by atoms with Gasteiger partial charge in [0.05, 0.1) is 0 Å². The number of halogens is 1. The van der Waals surface area contributed by atoms with Gasteiger partial charge in [0.1, 0.15) is 18.7 Å². The lowest BCUT2D eigenvalue weighted by atomic mass is 10.0. The molecule has 2 atom stereocenters. The summed E-state index contributed by atoms with van der Waals surface area (Å²) in [6, 6.07) is 14.9. The summed E-state index contributed by atoms with van der Waals surface area (Å²) in [7, 11) is 0. The van der Waals surface area contributed by atoms with Gasteiger partial charge >= 0.3 is 6.09 Å². The number of ether oxygens (including phenoxy) is 1. The lowest BCUT2D eigenvalue weighted by molar-refractivity contribution is -0.128. The number of carbonyl (C=O) groups is 3. The van der Waals surface area contributed by atoms with Gasteiger partial charge < -0.3 is 21.1 Å². The number of hydrogen-bond donors (Lipinski definition) is 3. The van der Waals surface area contributed by atoms with Gasteiger partial charge in [-0.1, -0.05) is 78.3 Å². The number of alkyl carbamates (subject to hydrolysis) is 1. The first-order chi connectivity index (χ1) is 14.8. The van der Waals surface area contributed by atoms with Gasteiger partial charge in [0.25, 0.3) is 0 Å². The number of primary amides is 1. The number of nitrogens with one attached hydrogen (secondary N) is 2. The highest BCUT2D eigenvalue weighted by Gasteiger charge is 2.27. The van der Waals surface area contributed by atoms with Crippen molar-refractivity contribution in [1.82, 2.24) is 10.6 Å². The van der Waals surface area contributed by atoms with Crippen LogP contribution in [0.3, 0.4) is 0 Å². The molecule has 2 aromatic carbocycles. The van der Waals surface area contributed by atoms with Crippen molar-refractivity contribution in [3.05, 3.63) is 70.2 Å². The smallest absolute Gasteiger partial charge is 0.408 e. The standard InChI is InChI=1S/C23H28BrN3O4/c1-15(2)12-19(21(25)28)26-22(29)20(13-17-10-6-7-11-18(17)24)27-23(30)31-14-16-8-4-3-5-9-16/h3-11,15,19-20H,12-14H2,1-2H3,(H2,25,28)(H,26,29)(H,27,30)/t19-,20-/m0/s1. The normalized spacial score (nSPS) is 12.6. The molecule has 0 saturated carbocycles. The average molecular weight is 490 g/mol. The summed E-state index contributed by atoms with van der Waals surface area (Å²) >= 11 is 3.46. The zero-order valence-corrected chi connectivity index (χ0v) is 19.2. The second kappa shape index (κ2) is 12.1. The second-order valence-electron chi connectivity index (χ2n) is 7.65. The summed E-state index contributed by atoms with van der Waals surface area (Å²) in [5.74, 6) is -0.964. The van der Waals surface area contributed by atoms with Crippen LogP contribution >= 0.6 is 15.9 Å². The Labute approximate surface area is 190 Å². The number of carbonyl (C=O) groups excluding carboxylic acids is 3. The van der Waals surface area contributed by atoms with Crippen LogP contribution in [0, 0.1) is 5.92 Å². The lowest BCUT2D eigenvalue weighted by Gasteiger charge is -2.23. The minimum absolute atomic E-state index is 0.0767. The summed E-state index contributed by atoms with van der Waals surface area (Å²) in [4.78, 5) is 37.1. The van der Waals surface area contributed by atoms with E-state index < -0.39 is 30.0 Å². The van der Waals surface area contributed by atoms with Crippen LogP contribution in [0.2, 0.25) is 0 Å². The highest BCUT2D eigenvalue weighted by molar-refractivity contribution is 9.10. The summed E-state index contributed by atoms with van der Waals surface area (Å²) < 4.78 is 6.07. The van der Waals surface area contributed by atoms with E-state index in [9.17, 15) is 14.4 Å². The number of benzene rings is 2. The average Bonchev–Trinajstić information content (AvgIpc) is 2.73. The quantitative estimate of drug-likeness (QED) is 0.475. The van der Waals surface area contributed by atoms with Crippen LogP contribution < -0.4 is 16.4 Å². The monoisotopic (exact) mass is 489 g/mol. The van der Waals surface area contributed by atoms with Crippen LogP contribution in [-0.4, -0.2) is 30.0 Å². The second-order valence-corrected chi connectivity index (χ2v) is 8.50. The third-order valence-electron chi connectivity index (χ3n) is 4.57. The first kappa shape index (κ1) is 24.4. The van der Waals surface area contributed by atoms with E-state index in [1.807, 2.05) is 68.4 Å². The van der Waals surface area contributed by atoms with Crippen LogP contribution in [-0.2, 0) is 27.4 Å². The van der Waals surface area contributed by atoms with Gasteiger partial charge in [-0.2, -0.15) is 0 Å². The third-order valence-corrected chi connectivity index (χ3v) is 5.34. The Hall–Kier alpha value is -2.87. The fourth-order valence-electron chi connectivity index (χ4n) is 2.99. The summed E-state index contributed by atoms with van der Waals surface area (Å²) in [6.45, 7) is 3.94. The van der Waals surface area contributed by atoms with Crippen LogP contribution in [0.1, 0.15) is 31.4 Å². The van der Waals surface area contributed by atoms with E-state index in [2.05, 4.69) is 26.6 Å². The Morgan fingerprint density at radius 2 is 1.61 bits per heavy atom. The minimum Gasteiger partial charge on any atom is -0.445 e. The predicted molar refractivity (Wildman–Crippen MR) is 122 cm³/mol. The van der Waals surface area contributed by atoms with E-state index in [1.165, 1.54) is 0 Å². The van der Waals surface area contributed by atoms with Crippen LogP contribution in [0.15, 0.2) is 59.1 Å². The molecule has 0 bridgehead atoms. The molecule has 0 heterocycles. The highest BCUT2D eigenvalue weighted by atomic mass is 79.9. The Morgan fingerprint density at radius 3 is 2.23 bits per heavy atom. The first-order valence-electron chi connectivity index (χ1n) is 10.1. The van der Waals surface area contributed by atoms with Crippen molar-refractivity contribution in [3.63, 3.8) is 0 Å². The van der Waals surface area contributed by atoms with E-state index in [0.717, 1.165) is 15.6 Å². The van der Waals surface area contributed by atoms with Crippen molar-refractivity contribution in [2.24, 2.45) is 11.7 Å². The predicted octanol–water partition coefficient (Wildman–Crippen LogP) is 3.30. The molecule has 7 nitrogen and oxygen atoms in total. The molecule has 0 aliphatic carbocycles. The number of amides is 3. The largest absolute Gasteiger partial charge is 0.445 e. The summed E-state index contributed by atoms with van der Waals surface area (Å²) in [6.07, 6.45) is -0.113. The summed E-state index contributed by atoms with van der Waals surface area (Å²) in [5.41, 5.74) is 7.10. The van der Waals surface area contributed by atoms with Crippen LogP contribution in [0.5, 0.6) is 0 Å². The molecule has 166 valence electrons. The maximum absolute atomic E-state index is 13.0. The molecule has 0 fully saturated rings. The molecule has 4 N–H and O–H groups in total. The van der Waals surface area contributed by atoms with Gasteiger partial charge in [-0.05, 0) is 29.5 Å². The molecule has 0 radical (unpaired) electrons. The van der Waals surface area contributed by atoms with Gasteiger partial charge in [0.15, 0.2) is 0 Å². The maximum atomic E-state index is 13.0. The van der Waals surface area contributed by atoms with Crippen LogP contribution in [0.4, 0.5) is 4.79 Å². The molecule has 0 aromatic heterocycles. The Bertz CT molecular complexity index is 889. The van der Waals surface area contributed by atoms with Crippen LogP contribution in [0.25, 0.3) is 0 Å². The number of rotatable bonds is 10. The zero-order valence-electron chi connectivity index (χ0n) is 17.6. The minimum atomic E-state index is -0.948. The third kappa shape index (κ3) is 8.41. The van der Waals surface area contributed by atoms with E-state index >= 15 is 0 Å². The molecule has 0 unspecified atom stereocenters. The topological polar surface area (TPSA) is 111 Å². The van der Waals surface area contributed by atoms with Crippen molar-refractivity contribution in [2.45, 2.75) is 45.4 Å². The number of nitrogens with two attached hydrogens (primary N) is 1. The molecule has 0 aliphatic rings. The molecule has 3 amide bonds. The molecular formula is C23H28BrN3O4. The summed E-state index contributed by atoms with van der Waals surface area (Å²) in [5, 5.41) is 5.28. The van der Waals surface area contributed by atoms with Crippen molar-refractivity contribution in [1.29, 1.82) is 0 Å². The van der Waals surface area contributed by atoms with Gasteiger partial charge in [-0.3, -0.25) is 9.59 Å². The molecule has 8 heteroatoms. The highest BCUT2D eigenvalue weighted by Crippen LogP contribution is 2.18. The van der Waals surface area contributed by atoms with Crippen molar-refractivity contribution < 1.29 is 19.1 Å². The van der Waals surface area contributed by atoms with E-state index in [1.54, 1.807) is 0 Å². The fourth-order valence-corrected chi connectivity index (χ4v) is 3.44. The molecule has 2 aromatic rings. The number of hydrogen-bond acceptors (Lipinski definition) is 4. The Morgan fingerprint density at radius 1 is 0.968 bits per heavy atom.